The minimum absolute atomic E-state index is 0. The Morgan fingerprint density at radius 3 is 1.20 bits per heavy atom. The standard InChI is InChI=1S/C17H16O4.C15H20O7.C6H12O6.CH2O3.Na/c1-20-14-7-3-12(4-8-14)16(18)11-17(19)13-5-9-15(21-2)10-6-13;1-21-9-4-2-8(3-5-9)10(17)6-11-13(18)15(20)14(19)12(7-16)22-11;7-1-2-3(8)4(9)5(10)6(11)12-2;2-1-4-3;/h3-10H,11H2,1-2H3;2-5,11-16,18-20H,6-7H2,1H3;2-11H,1H2;1,3H;/q;;;;+1/p-1/t;11-,12+,13-,14+,15+;2-,3-,4+,5-,6?;;/m.01../s1. The monoisotopic (exact) mass is 860 g/mol. The molecule has 2 saturated heterocycles. The number of ether oxygens (including phenoxy) is 5. The normalized spacial score (nSPS) is 25.4. The second-order valence-electron chi connectivity index (χ2n) is 12.6. The van der Waals surface area contributed by atoms with Crippen molar-refractivity contribution in [2.75, 3.05) is 34.5 Å². The van der Waals surface area contributed by atoms with E-state index in [1.165, 1.54) is 7.11 Å². The molecule has 10 atom stereocenters. The van der Waals surface area contributed by atoms with E-state index in [0.29, 0.717) is 33.9 Å². The van der Waals surface area contributed by atoms with Gasteiger partial charge in [0.25, 0.3) is 6.47 Å². The smallest absolute Gasteiger partial charge is 0.662 e. The van der Waals surface area contributed by atoms with Gasteiger partial charge in [0.1, 0.15) is 66.1 Å². The Labute approximate surface area is 366 Å². The van der Waals surface area contributed by atoms with Crippen LogP contribution >= 0.6 is 0 Å². The third-order valence-electron chi connectivity index (χ3n) is 8.84. The Bertz CT molecular complexity index is 1650. The fourth-order valence-electron chi connectivity index (χ4n) is 5.41. The van der Waals surface area contributed by atoms with E-state index in [9.17, 15) is 29.7 Å². The molecule has 60 heavy (non-hydrogen) atoms. The average molecular weight is 861 g/mol. The van der Waals surface area contributed by atoms with E-state index in [-0.39, 0.29) is 66.2 Å². The van der Waals surface area contributed by atoms with Crippen LogP contribution in [0.5, 0.6) is 17.2 Å². The molecular formula is C39H49NaO20. The predicted octanol–water partition coefficient (Wildman–Crippen LogP) is -5.51. The zero-order valence-corrected chi connectivity index (χ0v) is 35.1. The van der Waals surface area contributed by atoms with E-state index in [1.54, 1.807) is 87.0 Å². The largest absolute Gasteiger partial charge is 1.00 e. The summed E-state index contributed by atoms with van der Waals surface area (Å²) >= 11 is 0. The molecule has 0 radical (unpaired) electrons. The number of aliphatic hydroxyl groups is 9. The van der Waals surface area contributed by atoms with Gasteiger partial charge >= 0.3 is 29.6 Å². The second-order valence-corrected chi connectivity index (χ2v) is 12.6. The van der Waals surface area contributed by atoms with Crippen LogP contribution in [0.2, 0.25) is 0 Å². The van der Waals surface area contributed by atoms with Crippen LogP contribution < -0.4 is 49.0 Å². The van der Waals surface area contributed by atoms with Gasteiger partial charge in [0.15, 0.2) is 23.6 Å². The molecule has 0 bridgehead atoms. The number of hydrogen-bond acceptors (Lipinski definition) is 20. The maximum atomic E-state index is 12.2. The minimum Gasteiger partial charge on any atom is -0.662 e. The molecule has 2 aliphatic rings. The summed E-state index contributed by atoms with van der Waals surface area (Å²) in [5.74, 6) is 1.26. The first-order chi connectivity index (χ1) is 28.1. The molecule has 1 unspecified atom stereocenters. The van der Waals surface area contributed by atoms with Crippen molar-refractivity contribution in [3.63, 3.8) is 0 Å². The van der Waals surface area contributed by atoms with E-state index in [2.05, 4.69) is 9.62 Å². The summed E-state index contributed by atoms with van der Waals surface area (Å²) in [5, 5.41) is 91.5. The van der Waals surface area contributed by atoms with Crippen molar-refractivity contribution < 1.29 is 129 Å². The van der Waals surface area contributed by atoms with Crippen LogP contribution in [0, 0.1) is 0 Å². The number of ketones is 3. The Balaban J connectivity index is 0.000000442. The van der Waals surface area contributed by atoms with Gasteiger partial charge in [-0.05, 0) is 72.8 Å². The quantitative estimate of drug-likeness (QED) is 0.0193. The van der Waals surface area contributed by atoms with Crippen molar-refractivity contribution in [2.24, 2.45) is 0 Å². The zero-order valence-electron chi connectivity index (χ0n) is 33.1. The predicted molar refractivity (Wildman–Crippen MR) is 198 cm³/mol. The van der Waals surface area contributed by atoms with Gasteiger partial charge in [-0.3, -0.25) is 19.2 Å². The van der Waals surface area contributed by atoms with Crippen LogP contribution in [-0.2, 0) is 19.2 Å². The number of carbonyl (C=O) groups is 4. The van der Waals surface area contributed by atoms with E-state index in [4.69, 9.17) is 59.6 Å². The topological polar surface area (TPSA) is 329 Å². The average Bonchev–Trinajstić information content (AvgIpc) is 3.27. The fraction of sp³-hybridized carbons (Fsp3) is 0.436. The molecule has 0 saturated carbocycles. The molecule has 0 amide bonds. The molecule has 3 aromatic rings. The van der Waals surface area contributed by atoms with Gasteiger partial charge in [-0.1, -0.05) is 0 Å². The van der Waals surface area contributed by atoms with Crippen LogP contribution in [0.3, 0.4) is 0 Å². The first-order valence-electron chi connectivity index (χ1n) is 17.6. The summed E-state index contributed by atoms with van der Waals surface area (Å²) in [6, 6.07) is 19.9. The Hall–Kier alpha value is -3.94. The Morgan fingerprint density at radius 2 is 0.867 bits per heavy atom. The third-order valence-corrected chi connectivity index (χ3v) is 8.84. The third kappa shape index (κ3) is 16.2. The molecule has 3 aromatic carbocycles. The Morgan fingerprint density at radius 1 is 0.550 bits per heavy atom. The summed E-state index contributed by atoms with van der Waals surface area (Å²) < 4.78 is 25.0. The van der Waals surface area contributed by atoms with Crippen LogP contribution in [0.4, 0.5) is 0 Å². The van der Waals surface area contributed by atoms with Crippen molar-refractivity contribution in [3.05, 3.63) is 89.5 Å². The molecule has 2 fully saturated rings. The summed E-state index contributed by atoms with van der Waals surface area (Å²) in [6.45, 7) is -1.22. The van der Waals surface area contributed by atoms with Gasteiger partial charge in [0, 0.05) is 23.1 Å². The van der Waals surface area contributed by atoms with Crippen molar-refractivity contribution in [1.82, 2.24) is 0 Å². The number of carbonyl (C=O) groups excluding carboxylic acids is 4. The Kier molecular flexibility index (Phi) is 25.1. The van der Waals surface area contributed by atoms with E-state index in [1.807, 2.05) is 0 Å². The maximum Gasteiger partial charge on any atom is 1.00 e. The van der Waals surface area contributed by atoms with Gasteiger partial charge in [0.05, 0.1) is 47.1 Å². The van der Waals surface area contributed by atoms with E-state index in [0.717, 1.165) is 0 Å². The van der Waals surface area contributed by atoms with Gasteiger partial charge in [-0.25, -0.2) is 0 Å². The number of Topliss-reactive ketones (excluding diaryl/α,β-unsaturated/α-hetero) is 3. The van der Waals surface area contributed by atoms with Crippen molar-refractivity contribution in [1.29, 1.82) is 0 Å². The molecule has 2 aliphatic heterocycles. The second kappa shape index (κ2) is 27.8. The van der Waals surface area contributed by atoms with Crippen LogP contribution in [-0.4, -0.2) is 166 Å². The van der Waals surface area contributed by atoms with Crippen LogP contribution in [0.15, 0.2) is 72.8 Å². The number of methoxy groups -OCH3 is 3. The molecule has 5 rings (SSSR count). The molecule has 21 heteroatoms. The summed E-state index contributed by atoms with van der Waals surface area (Å²) in [7, 11) is 4.64. The number of rotatable bonds is 13. The molecule has 0 aliphatic carbocycles. The number of aliphatic hydroxyl groups excluding tert-OH is 9. The van der Waals surface area contributed by atoms with Gasteiger partial charge in [0.2, 0.25) is 0 Å². The van der Waals surface area contributed by atoms with Gasteiger partial charge in [-0.15, -0.1) is 0 Å². The first kappa shape index (κ1) is 54.1. The zero-order chi connectivity index (χ0) is 44.2. The SMILES string of the molecule is COc1ccc(C(=O)CC(=O)c2ccc(OC)cc2)cc1.COc1ccc(C(=O)C[C@@H]2O[C@H](CO)[C@@H](O)[C@H](O)[C@H]2O)cc1.O=CO[O-].OC[C@H]1OC(O)[C@H](O)[C@@H](O)[C@@H]1O.[Na+]. The molecule has 0 spiro atoms. The molecule has 326 valence electrons. The molecular weight excluding hydrogens is 811 g/mol. The minimum atomic E-state index is -1.57. The van der Waals surface area contributed by atoms with Gasteiger partial charge in [-0.2, -0.15) is 0 Å². The molecule has 9 N–H and O–H groups in total. The van der Waals surface area contributed by atoms with Gasteiger partial charge < -0.3 is 79.8 Å². The van der Waals surface area contributed by atoms with E-state index >= 15 is 0 Å². The molecule has 20 nitrogen and oxygen atoms in total. The summed E-state index contributed by atoms with van der Waals surface area (Å²) in [6.07, 6.45) is -13.7. The molecule has 2 heterocycles. The van der Waals surface area contributed by atoms with Crippen LogP contribution in [0.1, 0.15) is 43.9 Å². The number of benzene rings is 3. The van der Waals surface area contributed by atoms with Crippen molar-refractivity contribution >= 4 is 23.8 Å². The summed E-state index contributed by atoms with van der Waals surface area (Å²) in [5.41, 5.74) is 1.41. The first-order valence-corrected chi connectivity index (χ1v) is 17.6. The summed E-state index contributed by atoms with van der Waals surface area (Å²) in [4.78, 5) is 47.6. The number of hydrogen-bond donors (Lipinski definition) is 9. The van der Waals surface area contributed by atoms with Crippen molar-refractivity contribution in [2.45, 2.75) is 74.1 Å². The molecule has 0 aromatic heterocycles. The van der Waals surface area contributed by atoms with Crippen LogP contribution in [0.25, 0.3) is 0 Å². The van der Waals surface area contributed by atoms with E-state index < -0.39 is 74.4 Å². The fourth-order valence-corrected chi connectivity index (χ4v) is 5.41. The van der Waals surface area contributed by atoms with Crippen molar-refractivity contribution in [3.8, 4) is 17.2 Å². The maximum absolute atomic E-state index is 12.2.